The average molecular weight is 805 g/mol. The van der Waals surface area contributed by atoms with Gasteiger partial charge in [-0.05, 0) is 49.9 Å². The summed E-state index contributed by atoms with van der Waals surface area (Å²) in [6.07, 6.45) is -6.70. The summed E-state index contributed by atoms with van der Waals surface area (Å²) in [7, 11) is 3.05. The molecular formula is C32H34F6N8O6S2. The highest BCUT2D eigenvalue weighted by Crippen LogP contribution is 2.46. The van der Waals surface area contributed by atoms with Gasteiger partial charge in [0.05, 0.1) is 44.4 Å². The van der Waals surface area contributed by atoms with Crippen LogP contribution in [0.2, 0.25) is 0 Å². The molecule has 0 aliphatic heterocycles. The van der Waals surface area contributed by atoms with Gasteiger partial charge >= 0.3 is 12.7 Å². The van der Waals surface area contributed by atoms with Gasteiger partial charge in [-0.2, -0.15) is 0 Å². The molecule has 6 N–H and O–H groups in total. The topological polar surface area (TPSA) is 195 Å². The van der Waals surface area contributed by atoms with Crippen LogP contribution in [0.4, 0.5) is 36.6 Å². The number of thiazole rings is 2. The number of aromatic nitrogens is 2. The number of benzene rings is 2. The number of alkyl halides is 6. The first kappa shape index (κ1) is 40.4. The summed E-state index contributed by atoms with van der Waals surface area (Å²) in [6, 6.07) is 7.44. The molecule has 2 aliphatic rings. The van der Waals surface area contributed by atoms with Crippen LogP contribution < -0.4 is 31.6 Å². The fraction of sp³-hybridized carbons (Fsp3) is 0.438. The summed E-state index contributed by atoms with van der Waals surface area (Å²) in [6.45, 7) is 0.161. The van der Waals surface area contributed by atoms with Crippen LogP contribution >= 0.6 is 22.7 Å². The number of hydrogen-bond acceptors (Lipinski definition) is 12. The van der Waals surface area contributed by atoms with E-state index in [1.165, 1.54) is 48.2 Å². The Morgan fingerprint density at radius 3 is 1.35 bits per heavy atom. The van der Waals surface area contributed by atoms with E-state index in [9.17, 15) is 45.5 Å². The van der Waals surface area contributed by atoms with Crippen molar-refractivity contribution in [3.63, 3.8) is 0 Å². The molecule has 6 rings (SSSR count). The molecule has 0 saturated heterocycles. The average Bonchev–Trinajstić information content (AvgIpc) is 3.98. The van der Waals surface area contributed by atoms with E-state index in [0.29, 0.717) is 46.1 Å². The van der Waals surface area contributed by atoms with E-state index in [1.807, 2.05) is 0 Å². The lowest BCUT2D eigenvalue weighted by atomic mass is 10.1. The van der Waals surface area contributed by atoms with Crippen molar-refractivity contribution >= 4 is 77.0 Å². The van der Waals surface area contributed by atoms with E-state index >= 15 is 0 Å². The quantitative estimate of drug-likeness (QED) is 0.146. The number of carbonyl (C=O) groups is 4. The summed E-state index contributed by atoms with van der Waals surface area (Å²) in [4.78, 5) is 59.8. The predicted octanol–water partition coefficient (Wildman–Crippen LogP) is 4.66. The minimum Gasteiger partial charge on any atom is -0.406 e. The van der Waals surface area contributed by atoms with Crippen LogP contribution in [0, 0.1) is 10.8 Å². The zero-order chi connectivity index (χ0) is 39.6. The fourth-order valence-corrected chi connectivity index (χ4v) is 7.15. The second-order valence-corrected chi connectivity index (χ2v) is 14.8. The number of likely N-dealkylation sites (N-methyl/N-ethyl adjacent to an activating group) is 2. The molecular weight excluding hydrogens is 771 g/mol. The molecule has 2 aromatic carbocycles. The van der Waals surface area contributed by atoms with Crippen molar-refractivity contribution in [2.24, 2.45) is 22.3 Å². The van der Waals surface area contributed by atoms with Gasteiger partial charge in [-0.3, -0.25) is 19.2 Å². The van der Waals surface area contributed by atoms with E-state index in [-0.39, 0.29) is 59.8 Å². The number of amides is 4. The molecule has 292 valence electrons. The van der Waals surface area contributed by atoms with Crippen molar-refractivity contribution in [3.8, 4) is 11.5 Å². The predicted molar refractivity (Wildman–Crippen MR) is 187 cm³/mol. The molecule has 4 aromatic rings. The molecule has 0 unspecified atom stereocenters. The fourth-order valence-electron chi connectivity index (χ4n) is 5.33. The maximum Gasteiger partial charge on any atom is 0.573 e. The smallest absolute Gasteiger partial charge is 0.406 e. The van der Waals surface area contributed by atoms with Crippen molar-refractivity contribution in [3.05, 3.63) is 36.4 Å². The molecule has 4 amide bonds. The Morgan fingerprint density at radius 1 is 0.704 bits per heavy atom. The number of fused-ring (bicyclic) bond motifs is 2. The molecule has 2 aliphatic carbocycles. The van der Waals surface area contributed by atoms with Crippen LogP contribution in [0.1, 0.15) is 25.7 Å². The number of halogens is 6. The molecule has 22 heteroatoms. The molecule has 0 radical (unpaired) electrons. The third kappa shape index (κ3) is 10.2. The second-order valence-electron chi connectivity index (χ2n) is 12.8. The summed E-state index contributed by atoms with van der Waals surface area (Å²) >= 11 is 2.02. The Balaban J connectivity index is 0.000000208. The molecule has 14 nitrogen and oxygen atoms in total. The zero-order valence-electron chi connectivity index (χ0n) is 28.6. The van der Waals surface area contributed by atoms with Gasteiger partial charge in [0.1, 0.15) is 11.5 Å². The Hall–Kier alpha value is -4.80. The third-order valence-electron chi connectivity index (χ3n) is 8.53. The Morgan fingerprint density at radius 2 is 1.06 bits per heavy atom. The molecule has 0 spiro atoms. The van der Waals surface area contributed by atoms with Crippen molar-refractivity contribution in [2.75, 3.05) is 50.9 Å². The van der Waals surface area contributed by atoms with E-state index in [0.717, 1.165) is 34.8 Å². The highest BCUT2D eigenvalue weighted by atomic mass is 32.1. The summed E-state index contributed by atoms with van der Waals surface area (Å²) in [5.74, 6) is -1.97. The minimum atomic E-state index is -4.78. The van der Waals surface area contributed by atoms with Crippen molar-refractivity contribution in [1.82, 2.24) is 19.8 Å². The maximum atomic E-state index is 12.3. The van der Waals surface area contributed by atoms with E-state index in [2.05, 4.69) is 30.1 Å². The van der Waals surface area contributed by atoms with Gasteiger partial charge in [-0.1, -0.05) is 22.7 Å². The summed E-state index contributed by atoms with van der Waals surface area (Å²) < 4.78 is 82.3. The number of nitrogens with two attached hydrogens (primary N) is 2. The maximum absolute atomic E-state index is 12.3. The van der Waals surface area contributed by atoms with E-state index < -0.39 is 35.4 Å². The number of rotatable bonds is 12. The molecule has 2 saturated carbocycles. The van der Waals surface area contributed by atoms with E-state index in [1.54, 1.807) is 0 Å². The van der Waals surface area contributed by atoms with Crippen LogP contribution in [0.5, 0.6) is 11.5 Å². The lowest BCUT2D eigenvalue weighted by molar-refractivity contribution is -0.275. The van der Waals surface area contributed by atoms with Crippen molar-refractivity contribution in [1.29, 1.82) is 0 Å². The highest BCUT2D eigenvalue weighted by molar-refractivity contribution is 7.22. The molecule has 2 heterocycles. The molecule has 2 aromatic heterocycles. The van der Waals surface area contributed by atoms with Gasteiger partial charge in [0.15, 0.2) is 10.3 Å². The second kappa shape index (κ2) is 15.5. The number of nitrogens with zero attached hydrogens (tertiary/aromatic N) is 4. The number of anilines is 2. The lowest BCUT2D eigenvalue weighted by Crippen LogP contribution is -2.41. The van der Waals surface area contributed by atoms with Crippen LogP contribution in [-0.2, 0) is 19.2 Å². The summed E-state index contributed by atoms with van der Waals surface area (Å²) in [5, 5.41) is 5.55. The van der Waals surface area contributed by atoms with Gasteiger partial charge in [0.25, 0.3) is 0 Å². The van der Waals surface area contributed by atoms with Gasteiger partial charge in [-0.25, -0.2) is 9.97 Å². The molecule has 2 fully saturated rings. The van der Waals surface area contributed by atoms with Gasteiger partial charge in [0.2, 0.25) is 23.6 Å². The van der Waals surface area contributed by atoms with Crippen molar-refractivity contribution in [2.45, 2.75) is 38.4 Å². The lowest BCUT2D eigenvalue weighted by Gasteiger charge is -2.21. The first-order valence-corrected chi connectivity index (χ1v) is 17.7. The number of ether oxygens (including phenoxy) is 2. The largest absolute Gasteiger partial charge is 0.573 e. The Labute approximate surface area is 310 Å². The van der Waals surface area contributed by atoms with Crippen molar-refractivity contribution < 1.29 is 55.0 Å². The summed E-state index contributed by atoms with van der Waals surface area (Å²) in [5.41, 5.74) is 11.0. The normalized spacial score (nSPS) is 15.4. The Kier molecular flexibility index (Phi) is 11.6. The third-order valence-corrected chi connectivity index (χ3v) is 10.4. The Bertz CT molecular complexity index is 1900. The minimum absolute atomic E-state index is 0.168. The van der Waals surface area contributed by atoms with Gasteiger partial charge in [0, 0.05) is 39.3 Å². The molecule has 54 heavy (non-hydrogen) atoms. The van der Waals surface area contributed by atoms with Gasteiger partial charge < -0.3 is 41.4 Å². The monoisotopic (exact) mass is 804 g/mol. The number of carbonyl (C=O) groups excluding carboxylic acids is 4. The first-order valence-electron chi connectivity index (χ1n) is 16.1. The molecule has 0 bridgehead atoms. The van der Waals surface area contributed by atoms with Crippen LogP contribution in [0.25, 0.3) is 20.4 Å². The molecule has 0 atom stereocenters. The van der Waals surface area contributed by atoms with E-state index in [4.69, 9.17) is 11.5 Å². The number of hydrogen-bond donors (Lipinski definition) is 4. The first-order chi connectivity index (χ1) is 25.2. The van der Waals surface area contributed by atoms with Crippen LogP contribution in [-0.4, -0.2) is 96.4 Å². The number of nitrogens with one attached hydrogen (secondary N) is 2. The standard InChI is InChI=1S/2C16H17F3N4O3S/c2*1-23(13(25)15(8-20)4-5-15)7-12(24)22-14-21-10-3-2-9(6-11(10)27-14)26-16(17,18)19/h2*2-3,6H,4-5,7-8,20H2,1H3,(H,21,22,24). The van der Waals surface area contributed by atoms with Crippen LogP contribution in [0.3, 0.4) is 0 Å². The highest BCUT2D eigenvalue weighted by Gasteiger charge is 2.51. The van der Waals surface area contributed by atoms with Crippen LogP contribution in [0.15, 0.2) is 36.4 Å². The zero-order valence-corrected chi connectivity index (χ0v) is 30.2. The van der Waals surface area contributed by atoms with Gasteiger partial charge in [-0.15, -0.1) is 26.3 Å². The SMILES string of the molecule is CN(CC(=O)Nc1nc2ccc(OC(F)(F)F)cc2s1)C(=O)C1(CN)CC1.CN(CC(=O)Nc1nc2ccc(OC(F)(F)F)cc2s1)C(=O)C1(CN)CC1.